The van der Waals surface area contributed by atoms with Crippen LogP contribution in [0.3, 0.4) is 0 Å². The second-order valence-corrected chi connectivity index (χ2v) is 16.6. The van der Waals surface area contributed by atoms with Crippen LogP contribution in [-0.4, -0.2) is 39.0 Å². The fraction of sp³-hybridized carbons (Fsp3) is 0.0909. The summed E-state index contributed by atoms with van der Waals surface area (Å²) < 4.78 is 46.1. The number of nitrogens with zero attached hydrogens (tertiary/aromatic N) is 10. The van der Waals surface area contributed by atoms with Crippen LogP contribution in [0.2, 0.25) is 0 Å². The summed E-state index contributed by atoms with van der Waals surface area (Å²) in [6.45, 7) is 7.35. The Kier molecular flexibility index (Phi) is 9.69. The maximum absolute atomic E-state index is 13.9. The highest BCUT2D eigenvalue weighted by Gasteiger charge is 2.31. The van der Waals surface area contributed by atoms with Gasteiger partial charge in [0.15, 0.2) is 11.6 Å². The van der Waals surface area contributed by atoms with Gasteiger partial charge in [0.05, 0.1) is 56.6 Å². The second-order valence-electron chi connectivity index (χ2n) is 16.6. The number of hydrogen-bond acceptors (Lipinski definition) is 8. The first-order valence-electron chi connectivity index (χ1n) is 21.6. The van der Waals surface area contributed by atoms with E-state index in [0.717, 1.165) is 72.6 Å². The number of para-hydroxylation sites is 2. The summed E-state index contributed by atoms with van der Waals surface area (Å²) in [6.07, 6.45) is -4.64. The number of aryl methyl sites for hydroxylation is 4. The van der Waals surface area contributed by atoms with E-state index >= 15 is 0 Å². The van der Waals surface area contributed by atoms with Crippen molar-refractivity contribution in [3.05, 3.63) is 180 Å². The van der Waals surface area contributed by atoms with Gasteiger partial charge in [-0.2, -0.15) is 23.7 Å². The fourth-order valence-electron chi connectivity index (χ4n) is 9.42. The molecule has 0 fully saturated rings. The zero-order valence-corrected chi connectivity index (χ0v) is 36.9. The van der Waals surface area contributed by atoms with Crippen molar-refractivity contribution in [2.24, 2.45) is 0 Å². The molecule has 0 radical (unpaired) electrons. The highest BCUT2D eigenvalue weighted by atomic mass is 19.4. The molecule has 0 atom stereocenters. The minimum atomic E-state index is -4.64. The van der Waals surface area contributed by atoms with Crippen molar-refractivity contribution in [3.8, 4) is 68.5 Å². The molecule has 11 rings (SSSR count). The lowest BCUT2D eigenvalue weighted by atomic mass is 9.92. The largest absolute Gasteiger partial charge is 0.416 e. The van der Waals surface area contributed by atoms with Gasteiger partial charge in [0.2, 0.25) is 0 Å². The Hall–Kier alpha value is -9.07. The summed E-state index contributed by atoms with van der Waals surface area (Å²) in [4.78, 5) is 27.3. The van der Waals surface area contributed by atoms with Crippen LogP contribution in [-0.2, 0) is 6.18 Å². The van der Waals surface area contributed by atoms with Gasteiger partial charge in [-0.3, -0.25) is 0 Å². The summed E-state index contributed by atoms with van der Waals surface area (Å²) in [6, 6.07) is 47.2. The fourth-order valence-corrected chi connectivity index (χ4v) is 9.42. The third-order valence-electron chi connectivity index (χ3n) is 12.3. The van der Waals surface area contributed by atoms with Crippen LogP contribution >= 0.6 is 0 Å². The average molecular weight is 893 g/mol. The van der Waals surface area contributed by atoms with Gasteiger partial charge in [0.1, 0.15) is 23.3 Å². The summed E-state index contributed by atoms with van der Waals surface area (Å²) in [5.74, 6) is 3.60. The second kappa shape index (κ2) is 15.8. The molecule has 326 valence electrons. The molecule has 0 saturated carbocycles. The Bertz CT molecular complexity index is 3960. The van der Waals surface area contributed by atoms with Crippen LogP contribution in [0.15, 0.2) is 140 Å². The SMILES string of the molecule is Cc1nc(C)nc(-c2ccc3c(c2)c2ccccc2n3-c2ccc(C#N)c(-c3cc(-c4ccc(C(F)(F)F)cc4C#N)ccc3-n3c4ccccc4c4cc(-c5nc(C)nc(C)n5)ccc43)c2)n1. The normalized spacial score (nSPS) is 11.7. The third kappa shape index (κ3) is 6.96. The molecule has 0 aliphatic carbocycles. The summed E-state index contributed by atoms with van der Waals surface area (Å²) in [7, 11) is 0. The molecule has 68 heavy (non-hydrogen) atoms. The van der Waals surface area contributed by atoms with Gasteiger partial charge < -0.3 is 9.13 Å². The number of alkyl halides is 3. The Morgan fingerprint density at radius 1 is 0.426 bits per heavy atom. The minimum Gasteiger partial charge on any atom is -0.309 e. The van der Waals surface area contributed by atoms with Crippen molar-refractivity contribution in [2.45, 2.75) is 33.9 Å². The van der Waals surface area contributed by atoms with Crippen molar-refractivity contribution in [2.75, 3.05) is 0 Å². The van der Waals surface area contributed by atoms with Crippen molar-refractivity contribution < 1.29 is 13.2 Å². The van der Waals surface area contributed by atoms with E-state index < -0.39 is 11.7 Å². The van der Waals surface area contributed by atoms with E-state index in [1.54, 1.807) is 6.07 Å². The van der Waals surface area contributed by atoms with Crippen LogP contribution in [0, 0.1) is 50.4 Å². The smallest absolute Gasteiger partial charge is 0.309 e. The maximum atomic E-state index is 13.9. The molecule has 0 spiro atoms. The van der Waals surface area contributed by atoms with Crippen LogP contribution in [0.1, 0.15) is 40.0 Å². The number of halogens is 3. The molecule has 11 aromatic rings. The molecule has 4 aromatic heterocycles. The molecule has 13 heteroatoms. The zero-order chi connectivity index (χ0) is 47.0. The number of rotatable bonds is 6. The molecule has 0 N–H and O–H groups in total. The minimum absolute atomic E-state index is 0.131. The van der Waals surface area contributed by atoms with E-state index in [1.807, 2.05) is 119 Å². The lowest BCUT2D eigenvalue weighted by Gasteiger charge is -2.19. The van der Waals surface area contributed by atoms with Crippen molar-refractivity contribution in [3.63, 3.8) is 0 Å². The predicted molar refractivity (Wildman–Crippen MR) is 257 cm³/mol. The van der Waals surface area contributed by atoms with Crippen molar-refractivity contribution in [1.29, 1.82) is 10.5 Å². The van der Waals surface area contributed by atoms with Crippen LogP contribution in [0.4, 0.5) is 13.2 Å². The van der Waals surface area contributed by atoms with E-state index in [1.165, 1.54) is 6.07 Å². The van der Waals surface area contributed by atoms with Crippen molar-refractivity contribution in [1.82, 2.24) is 39.0 Å². The predicted octanol–water partition coefficient (Wildman–Crippen LogP) is 12.9. The van der Waals surface area contributed by atoms with Crippen LogP contribution < -0.4 is 0 Å². The first-order valence-corrected chi connectivity index (χ1v) is 21.6. The van der Waals surface area contributed by atoms with Gasteiger partial charge in [-0.15, -0.1) is 0 Å². The highest BCUT2D eigenvalue weighted by molar-refractivity contribution is 6.12. The molecule has 0 unspecified atom stereocenters. The number of hydrogen-bond donors (Lipinski definition) is 0. The Morgan fingerprint density at radius 3 is 1.50 bits per heavy atom. The number of aromatic nitrogens is 8. The molecule has 7 aromatic carbocycles. The van der Waals surface area contributed by atoms with Gasteiger partial charge in [0, 0.05) is 49.5 Å². The average Bonchev–Trinajstić information content (AvgIpc) is 3.84. The van der Waals surface area contributed by atoms with E-state index in [-0.39, 0.29) is 5.56 Å². The maximum Gasteiger partial charge on any atom is 0.416 e. The molecule has 0 amide bonds. The molecule has 10 nitrogen and oxygen atoms in total. The van der Waals surface area contributed by atoms with Gasteiger partial charge in [-0.25, -0.2) is 29.9 Å². The zero-order valence-electron chi connectivity index (χ0n) is 36.9. The van der Waals surface area contributed by atoms with Gasteiger partial charge in [-0.05, 0) is 130 Å². The number of nitriles is 2. The molecular weight excluding hydrogens is 858 g/mol. The lowest BCUT2D eigenvalue weighted by molar-refractivity contribution is -0.137. The Morgan fingerprint density at radius 2 is 0.941 bits per heavy atom. The number of fused-ring (bicyclic) bond motifs is 6. The molecule has 0 bridgehead atoms. The Balaban J connectivity index is 1.17. The first kappa shape index (κ1) is 41.6. The standard InChI is InChI=1S/C55H35F3N10/c1-30-61-31(2)64-53(63-30)35-15-21-50-45(25-35)42-9-5-7-11-48(42)67(50)40-18-13-37(28-59)44(27-40)47-24-34(41-19-17-39(55(56,57)58)23-38(41)29-60)14-20-52(47)68-49-12-8-6-10-43(49)46-26-36(16-22-51(46)68)54-65-32(3)62-33(4)66-54/h5-27H,1-4H3. The van der Waals surface area contributed by atoms with E-state index in [4.69, 9.17) is 0 Å². The summed E-state index contributed by atoms with van der Waals surface area (Å²) in [5.41, 5.74) is 8.02. The van der Waals surface area contributed by atoms with Gasteiger partial charge >= 0.3 is 6.18 Å². The van der Waals surface area contributed by atoms with Gasteiger partial charge in [0.25, 0.3) is 0 Å². The van der Waals surface area contributed by atoms with Gasteiger partial charge in [-0.1, -0.05) is 48.5 Å². The van der Waals surface area contributed by atoms with Crippen LogP contribution in [0.25, 0.3) is 100 Å². The monoisotopic (exact) mass is 892 g/mol. The van der Waals surface area contributed by atoms with E-state index in [2.05, 4.69) is 75.4 Å². The lowest BCUT2D eigenvalue weighted by Crippen LogP contribution is -2.05. The summed E-state index contributed by atoms with van der Waals surface area (Å²) >= 11 is 0. The molecule has 0 saturated heterocycles. The topological polar surface area (TPSA) is 135 Å². The van der Waals surface area contributed by atoms with E-state index in [9.17, 15) is 23.7 Å². The molecule has 0 aliphatic heterocycles. The third-order valence-corrected chi connectivity index (χ3v) is 12.3. The number of benzene rings is 7. The summed E-state index contributed by atoms with van der Waals surface area (Å²) in [5, 5.41) is 25.0. The molecule has 0 aliphatic rings. The highest BCUT2D eigenvalue weighted by Crippen LogP contribution is 2.43. The van der Waals surface area contributed by atoms with E-state index in [0.29, 0.717) is 68.5 Å². The first-order chi connectivity index (χ1) is 32.9. The molecular formula is C55H35F3N10. The quantitative estimate of drug-likeness (QED) is 0.161. The Labute approximate surface area is 386 Å². The van der Waals surface area contributed by atoms with Crippen LogP contribution in [0.5, 0.6) is 0 Å². The molecule has 4 heterocycles. The van der Waals surface area contributed by atoms with Crippen molar-refractivity contribution >= 4 is 43.6 Å².